The molecule has 1 aliphatic carbocycles. The number of benzene rings is 1. The predicted molar refractivity (Wildman–Crippen MR) is 119 cm³/mol. The number of rotatable bonds is 8. The molecule has 1 aromatic rings. The second kappa shape index (κ2) is 11.6. The highest BCUT2D eigenvalue weighted by atomic mass is 127. The number of para-hydroxylation sites is 1. The van der Waals surface area contributed by atoms with Gasteiger partial charge in [0.25, 0.3) is 0 Å². The molecule has 1 fully saturated rings. The summed E-state index contributed by atoms with van der Waals surface area (Å²) in [6.07, 6.45) is 5.99. The van der Waals surface area contributed by atoms with Crippen molar-refractivity contribution in [1.82, 2.24) is 10.6 Å². The van der Waals surface area contributed by atoms with E-state index >= 15 is 0 Å². The lowest BCUT2D eigenvalue weighted by Gasteiger charge is -2.20. The predicted octanol–water partition coefficient (Wildman–Crippen LogP) is 2.34. The Hall–Kier alpha value is -1.23. The number of ether oxygens (including phenoxy) is 2. The molecular weight excluding hydrogens is 481 g/mol. The Kier molecular flexibility index (Phi) is 10.2. The molecule has 0 aromatic heterocycles. The second-order valence-electron chi connectivity index (χ2n) is 6.46. The molecule has 0 saturated heterocycles. The average molecular weight is 511 g/mol. The van der Waals surface area contributed by atoms with Crippen molar-refractivity contribution in [2.24, 2.45) is 4.99 Å². The minimum absolute atomic E-state index is 0. The Labute approximate surface area is 179 Å². The number of halogens is 1. The summed E-state index contributed by atoms with van der Waals surface area (Å²) in [5, 5.41) is 6.20. The normalized spacial score (nSPS) is 15.1. The third kappa shape index (κ3) is 8.12. The van der Waals surface area contributed by atoms with Crippen LogP contribution in [0.4, 0.5) is 0 Å². The number of aliphatic imine (C=N–C) groups is 1. The summed E-state index contributed by atoms with van der Waals surface area (Å²) in [7, 11) is 0.283. The third-order valence-corrected chi connectivity index (χ3v) is 5.25. The molecule has 0 heterocycles. The minimum Gasteiger partial charge on any atom is -0.493 e. The van der Waals surface area contributed by atoms with E-state index in [1.54, 1.807) is 14.2 Å². The van der Waals surface area contributed by atoms with E-state index in [-0.39, 0.29) is 35.8 Å². The molecule has 1 aromatic carbocycles. The van der Waals surface area contributed by atoms with E-state index in [0.29, 0.717) is 19.0 Å². The van der Waals surface area contributed by atoms with Crippen LogP contribution in [0.5, 0.6) is 11.5 Å². The Bertz CT molecular complexity index is 719. The van der Waals surface area contributed by atoms with E-state index in [4.69, 9.17) is 9.47 Å². The summed E-state index contributed by atoms with van der Waals surface area (Å²) in [4.78, 5) is 4.13. The van der Waals surface area contributed by atoms with Gasteiger partial charge in [-0.2, -0.15) is 0 Å². The summed E-state index contributed by atoms with van der Waals surface area (Å²) in [6.45, 7) is 0.805. The maximum atomic E-state index is 11.2. The van der Waals surface area contributed by atoms with Crippen LogP contribution in [0, 0.1) is 0 Å². The first-order chi connectivity index (χ1) is 12.4. The molecule has 0 spiro atoms. The fourth-order valence-electron chi connectivity index (χ4n) is 2.92. The van der Waals surface area contributed by atoms with Crippen LogP contribution in [0.2, 0.25) is 0 Å². The van der Waals surface area contributed by atoms with Crippen LogP contribution in [0.3, 0.4) is 0 Å². The Balaban J connectivity index is 0.00000364. The molecule has 7 nitrogen and oxygen atoms in total. The van der Waals surface area contributed by atoms with Gasteiger partial charge < -0.3 is 20.1 Å². The molecule has 0 aliphatic heterocycles. The quantitative estimate of drug-likeness (QED) is 0.317. The first kappa shape index (κ1) is 23.8. The number of guanidine groups is 1. The van der Waals surface area contributed by atoms with Crippen molar-refractivity contribution >= 4 is 39.8 Å². The van der Waals surface area contributed by atoms with Gasteiger partial charge in [0.1, 0.15) is 9.84 Å². The monoisotopic (exact) mass is 511 g/mol. The maximum Gasteiger partial charge on any atom is 0.191 e. The fourth-order valence-corrected chi connectivity index (χ4v) is 3.40. The number of methoxy groups -OCH3 is 1. The van der Waals surface area contributed by atoms with Crippen molar-refractivity contribution in [3.05, 3.63) is 23.8 Å². The lowest BCUT2D eigenvalue weighted by atomic mass is 10.1. The molecule has 27 heavy (non-hydrogen) atoms. The molecular formula is C18H30IN3O4S. The van der Waals surface area contributed by atoms with Crippen LogP contribution >= 0.6 is 24.0 Å². The summed E-state index contributed by atoms with van der Waals surface area (Å²) in [5.74, 6) is 2.09. The third-order valence-electron chi connectivity index (χ3n) is 4.30. The molecule has 0 unspecified atom stereocenters. The molecule has 2 rings (SSSR count). The van der Waals surface area contributed by atoms with Gasteiger partial charge in [-0.05, 0) is 31.7 Å². The SMILES string of the molecule is CN=C(NCCS(C)(=O)=O)NCc1cccc(OC)c1OC1CCCC1.I. The second-order valence-corrected chi connectivity index (χ2v) is 8.72. The van der Waals surface area contributed by atoms with Gasteiger partial charge >= 0.3 is 0 Å². The van der Waals surface area contributed by atoms with Crippen LogP contribution in [-0.2, 0) is 16.4 Å². The largest absolute Gasteiger partial charge is 0.493 e. The molecule has 0 amide bonds. The fraction of sp³-hybridized carbons (Fsp3) is 0.611. The highest BCUT2D eigenvalue weighted by Crippen LogP contribution is 2.34. The molecule has 1 saturated carbocycles. The average Bonchev–Trinajstić information content (AvgIpc) is 3.11. The summed E-state index contributed by atoms with van der Waals surface area (Å²) in [5.41, 5.74) is 0.974. The topological polar surface area (TPSA) is 89.0 Å². The Morgan fingerprint density at radius 2 is 1.96 bits per heavy atom. The molecule has 1 aliphatic rings. The zero-order valence-corrected chi connectivity index (χ0v) is 19.3. The van der Waals surface area contributed by atoms with Crippen LogP contribution in [-0.4, -0.2) is 53.2 Å². The van der Waals surface area contributed by atoms with Crippen LogP contribution in [0.1, 0.15) is 31.2 Å². The van der Waals surface area contributed by atoms with E-state index < -0.39 is 9.84 Å². The number of hydrogen-bond acceptors (Lipinski definition) is 5. The first-order valence-electron chi connectivity index (χ1n) is 8.87. The number of nitrogens with zero attached hydrogens (tertiary/aromatic N) is 1. The van der Waals surface area contributed by atoms with Gasteiger partial charge in [-0.15, -0.1) is 24.0 Å². The number of sulfone groups is 1. The zero-order valence-electron chi connectivity index (χ0n) is 16.2. The standard InChI is InChI=1S/C18H29N3O4S.HI/c1-19-18(20-11-12-26(3,22)23)21-13-14-7-6-10-16(24-2)17(14)25-15-8-4-5-9-15;/h6-7,10,15H,4-5,8-9,11-13H2,1-3H3,(H2,19,20,21);1H. The molecule has 0 bridgehead atoms. The van der Waals surface area contributed by atoms with Gasteiger partial charge in [0.05, 0.1) is 19.0 Å². The van der Waals surface area contributed by atoms with E-state index in [9.17, 15) is 8.42 Å². The van der Waals surface area contributed by atoms with E-state index in [1.807, 2.05) is 18.2 Å². The van der Waals surface area contributed by atoms with Gasteiger partial charge in [-0.3, -0.25) is 4.99 Å². The van der Waals surface area contributed by atoms with Gasteiger partial charge in [-0.25, -0.2) is 8.42 Å². The van der Waals surface area contributed by atoms with Crippen molar-refractivity contribution in [3.8, 4) is 11.5 Å². The molecule has 2 N–H and O–H groups in total. The van der Waals surface area contributed by atoms with Gasteiger partial charge in [0.2, 0.25) is 0 Å². The lowest BCUT2D eigenvalue weighted by molar-refractivity contribution is 0.198. The van der Waals surface area contributed by atoms with Gasteiger partial charge in [0.15, 0.2) is 17.5 Å². The van der Waals surface area contributed by atoms with Crippen molar-refractivity contribution in [1.29, 1.82) is 0 Å². The van der Waals surface area contributed by atoms with E-state index in [2.05, 4.69) is 15.6 Å². The van der Waals surface area contributed by atoms with Gasteiger partial charge in [0, 0.05) is 32.0 Å². The van der Waals surface area contributed by atoms with Crippen LogP contribution in [0.15, 0.2) is 23.2 Å². The van der Waals surface area contributed by atoms with E-state index in [0.717, 1.165) is 29.9 Å². The van der Waals surface area contributed by atoms with Crippen LogP contribution < -0.4 is 20.1 Å². The molecule has 154 valence electrons. The smallest absolute Gasteiger partial charge is 0.191 e. The maximum absolute atomic E-state index is 11.2. The number of nitrogens with one attached hydrogen (secondary N) is 2. The highest BCUT2D eigenvalue weighted by Gasteiger charge is 2.20. The Morgan fingerprint density at radius 1 is 1.26 bits per heavy atom. The molecule has 0 atom stereocenters. The van der Waals surface area contributed by atoms with Crippen molar-refractivity contribution in [2.75, 3.05) is 32.7 Å². The minimum atomic E-state index is -3.01. The highest BCUT2D eigenvalue weighted by molar-refractivity contribution is 14.0. The zero-order chi connectivity index (χ0) is 19.0. The molecule has 9 heteroatoms. The molecule has 0 radical (unpaired) electrons. The van der Waals surface area contributed by atoms with Crippen molar-refractivity contribution in [3.63, 3.8) is 0 Å². The summed E-state index contributed by atoms with van der Waals surface area (Å²) in [6, 6.07) is 5.81. The lowest BCUT2D eigenvalue weighted by Crippen LogP contribution is -2.39. The number of hydrogen-bond donors (Lipinski definition) is 2. The van der Waals surface area contributed by atoms with Crippen LogP contribution in [0.25, 0.3) is 0 Å². The van der Waals surface area contributed by atoms with Crippen molar-refractivity contribution < 1.29 is 17.9 Å². The first-order valence-corrected chi connectivity index (χ1v) is 10.9. The van der Waals surface area contributed by atoms with Crippen molar-refractivity contribution in [2.45, 2.75) is 38.3 Å². The Morgan fingerprint density at radius 3 is 2.56 bits per heavy atom. The van der Waals surface area contributed by atoms with E-state index in [1.165, 1.54) is 19.1 Å². The summed E-state index contributed by atoms with van der Waals surface area (Å²) < 4.78 is 34.1. The summed E-state index contributed by atoms with van der Waals surface area (Å²) >= 11 is 0. The van der Waals surface area contributed by atoms with Gasteiger partial charge in [-0.1, -0.05) is 12.1 Å².